The van der Waals surface area contributed by atoms with Crippen molar-refractivity contribution >= 4 is 54.2 Å². The first kappa shape index (κ1) is 21.0. The number of hydrogen-bond acceptors (Lipinski definition) is 6. The van der Waals surface area contributed by atoms with E-state index in [-0.39, 0.29) is 16.7 Å². The van der Waals surface area contributed by atoms with Crippen molar-refractivity contribution in [3.8, 4) is 5.75 Å². The summed E-state index contributed by atoms with van der Waals surface area (Å²) in [6.45, 7) is 0.587. The maximum absolute atomic E-state index is 12.8. The molecule has 0 atom stereocenters. The molecule has 2 aromatic carbocycles. The summed E-state index contributed by atoms with van der Waals surface area (Å²) in [7, 11) is -2.06. The topological polar surface area (TPSA) is 88.6 Å². The van der Waals surface area contributed by atoms with Gasteiger partial charge >= 0.3 is 0 Å². The third-order valence-corrected chi connectivity index (χ3v) is 8.18. The molecule has 3 aromatic rings. The lowest BCUT2D eigenvalue weighted by Gasteiger charge is -2.30. The number of amides is 1. The van der Waals surface area contributed by atoms with Gasteiger partial charge in [0.25, 0.3) is 0 Å². The van der Waals surface area contributed by atoms with E-state index in [1.54, 1.807) is 18.2 Å². The van der Waals surface area contributed by atoms with Gasteiger partial charge in [-0.1, -0.05) is 22.9 Å². The molecule has 0 aliphatic carbocycles. The zero-order valence-corrected chi connectivity index (χ0v) is 18.6. The van der Waals surface area contributed by atoms with E-state index in [9.17, 15) is 13.2 Å². The van der Waals surface area contributed by atoms with E-state index in [2.05, 4.69) is 10.3 Å². The van der Waals surface area contributed by atoms with E-state index in [1.165, 1.54) is 34.9 Å². The van der Waals surface area contributed by atoms with Crippen LogP contribution in [0.4, 0.5) is 5.13 Å². The lowest BCUT2D eigenvalue weighted by Crippen LogP contribution is -2.41. The number of fused-ring (bicyclic) bond motifs is 1. The second-order valence-corrected chi connectivity index (χ2v) is 10.4. The molecule has 10 heteroatoms. The molecule has 0 spiro atoms. The number of carbonyl (C=O) groups excluding carboxylic acids is 1. The van der Waals surface area contributed by atoms with Crippen LogP contribution >= 0.6 is 22.9 Å². The number of benzene rings is 2. The predicted molar refractivity (Wildman–Crippen MR) is 118 cm³/mol. The number of aromatic nitrogens is 1. The smallest absolute Gasteiger partial charge is 0.243 e. The third-order valence-electron chi connectivity index (χ3n) is 5.10. The van der Waals surface area contributed by atoms with E-state index in [1.807, 2.05) is 12.1 Å². The normalized spacial score (nSPS) is 15.9. The molecule has 1 aliphatic rings. The number of anilines is 1. The van der Waals surface area contributed by atoms with E-state index in [0.29, 0.717) is 41.8 Å². The quantitative estimate of drug-likeness (QED) is 0.615. The molecule has 1 aliphatic heterocycles. The Bertz CT molecular complexity index is 1170. The molecule has 0 unspecified atom stereocenters. The van der Waals surface area contributed by atoms with E-state index >= 15 is 0 Å². The van der Waals surface area contributed by atoms with E-state index in [4.69, 9.17) is 16.3 Å². The number of rotatable bonds is 5. The van der Waals surface area contributed by atoms with Crippen LogP contribution < -0.4 is 10.1 Å². The Hall–Kier alpha value is -2.20. The molecule has 1 amide bonds. The number of hydrogen-bond donors (Lipinski definition) is 1. The van der Waals surface area contributed by atoms with Crippen molar-refractivity contribution in [2.45, 2.75) is 17.7 Å². The molecule has 1 aromatic heterocycles. The summed E-state index contributed by atoms with van der Waals surface area (Å²) in [4.78, 5) is 17.3. The molecule has 1 saturated heterocycles. The fraction of sp³-hybridized carbons (Fsp3) is 0.300. The average Bonchev–Trinajstić information content (AvgIpc) is 3.15. The average molecular weight is 466 g/mol. The summed E-state index contributed by atoms with van der Waals surface area (Å²) in [6.07, 6.45) is 0.913. The number of piperidine rings is 1. The lowest BCUT2D eigenvalue weighted by atomic mass is 9.97. The first-order valence-corrected chi connectivity index (χ1v) is 12.0. The summed E-state index contributed by atoms with van der Waals surface area (Å²) in [5, 5.41) is 4.00. The Morgan fingerprint density at radius 2 is 1.90 bits per heavy atom. The summed E-state index contributed by atoms with van der Waals surface area (Å²) < 4.78 is 33.1. The van der Waals surface area contributed by atoms with Crippen LogP contribution in [0.1, 0.15) is 12.8 Å². The summed E-state index contributed by atoms with van der Waals surface area (Å²) in [6, 6.07) is 11.7. The van der Waals surface area contributed by atoms with Crippen molar-refractivity contribution in [3.05, 3.63) is 47.5 Å². The molecule has 30 heavy (non-hydrogen) atoms. The molecule has 158 valence electrons. The highest BCUT2D eigenvalue weighted by atomic mass is 35.5. The number of nitrogens with zero attached hydrogens (tertiary/aromatic N) is 2. The Kier molecular flexibility index (Phi) is 5.97. The standard InChI is InChI=1S/C20H20ClN3O4S2/c1-28-15-3-5-16(6-4-15)30(26,27)24-10-8-13(9-11-24)19(25)23-20-22-17-7-2-14(21)12-18(17)29-20/h2-7,12-13H,8-11H2,1H3,(H,22,23,25). The maximum Gasteiger partial charge on any atom is 0.243 e. The highest BCUT2D eigenvalue weighted by molar-refractivity contribution is 7.89. The zero-order valence-electron chi connectivity index (χ0n) is 16.2. The number of thiazole rings is 1. The Morgan fingerprint density at radius 1 is 1.20 bits per heavy atom. The number of ether oxygens (including phenoxy) is 1. The van der Waals surface area contributed by atoms with Crippen molar-refractivity contribution in [1.29, 1.82) is 0 Å². The SMILES string of the molecule is COc1ccc(S(=O)(=O)N2CCC(C(=O)Nc3nc4ccc(Cl)cc4s3)CC2)cc1. The third kappa shape index (κ3) is 4.29. The van der Waals surface area contributed by atoms with Gasteiger partial charge in [-0.3, -0.25) is 4.79 Å². The number of nitrogens with one attached hydrogen (secondary N) is 1. The second kappa shape index (κ2) is 8.50. The van der Waals surface area contributed by atoms with Crippen molar-refractivity contribution < 1.29 is 17.9 Å². The Balaban J connectivity index is 1.38. The molecule has 1 N–H and O–H groups in total. The zero-order chi connectivity index (χ0) is 21.3. The summed E-state index contributed by atoms with van der Waals surface area (Å²) >= 11 is 7.36. The van der Waals surface area contributed by atoms with Crippen LogP contribution in [0.5, 0.6) is 5.75 Å². The van der Waals surface area contributed by atoms with Gasteiger partial charge < -0.3 is 10.1 Å². The van der Waals surface area contributed by atoms with Crippen molar-refractivity contribution in [1.82, 2.24) is 9.29 Å². The predicted octanol–water partition coefficient (Wildman–Crippen LogP) is 4.00. The number of methoxy groups -OCH3 is 1. The largest absolute Gasteiger partial charge is 0.497 e. The van der Waals surface area contributed by atoms with Crippen molar-refractivity contribution in [3.63, 3.8) is 0 Å². The van der Waals surface area contributed by atoms with Gasteiger partial charge in [-0.15, -0.1) is 0 Å². The number of carbonyl (C=O) groups is 1. The van der Waals surface area contributed by atoms with Gasteiger partial charge in [-0.2, -0.15) is 4.31 Å². The van der Waals surface area contributed by atoms with Crippen LogP contribution in [0.2, 0.25) is 5.02 Å². The van der Waals surface area contributed by atoms with Gasteiger partial charge in [0.2, 0.25) is 15.9 Å². The molecule has 4 rings (SSSR count). The molecule has 2 heterocycles. The van der Waals surface area contributed by atoms with Gasteiger partial charge in [-0.05, 0) is 55.3 Å². The van der Waals surface area contributed by atoms with E-state index < -0.39 is 10.0 Å². The molecule has 1 fully saturated rings. The monoisotopic (exact) mass is 465 g/mol. The maximum atomic E-state index is 12.8. The molecular weight excluding hydrogens is 446 g/mol. The molecule has 0 bridgehead atoms. The minimum absolute atomic E-state index is 0.137. The van der Waals surface area contributed by atoms with Crippen LogP contribution in [0, 0.1) is 5.92 Å². The van der Waals surface area contributed by atoms with Crippen LogP contribution in [0.25, 0.3) is 10.2 Å². The van der Waals surface area contributed by atoms with Crippen LogP contribution in [-0.2, 0) is 14.8 Å². The van der Waals surface area contributed by atoms with Gasteiger partial charge in [-0.25, -0.2) is 13.4 Å². The molecule has 0 saturated carbocycles. The lowest BCUT2D eigenvalue weighted by molar-refractivity contribution is -0.120. The highest BCUT2D eigenvalue weighted by Gasteiger charge is 2.32. The van der Waals surface area contributed by atoms with Gasteiger partial charge in [0.1, 0.15) is 5.75 Å². The van der Waals surface area contributed by atoms with Crippen LogP contribution in [0.15, 0.2) is 47.4 Å². The van der Waals surface area contributed by atoms with Crippen LogP contribution in [0.3, 0.4) is 0 Å². The minimum Gasteiger partial charge on any atom is -0.497 e. The van der Waals surface area contributed by atoms with Crippen LogP contribution in [-0.4, -0.2) is 43.8 Å². The fourth-order valence-electron chi connectivity index (χ4n) is 3.41. The van der Waals surface area contributed by atoms with E-state index in [0.717, 1.165) is 10.2 Å². The van der Waals surface area contributed by atoms with Crippen molar-refractivity contribution in [2.24, 2.45) is 5.92 Å². The van der Waals surface area contributed by atoms with Gasteiger partial charge in [0.15, 0.2) is 5.13 Å². The Labute approximate surface area is 183 Å². The molecular formula is C20H20ClN3O4S2. The summed E-state index contributed by atoms with van der Waals surface area (Å²) in [5.74, 6) is 0.200. The first-order valence-electron chi connectivity index (χ1n) is 9.38. The van der Waals surface area contributed by atoms with Gasteiger partial charge in [0, 0.05) is 24.0 Å². The van der Waals surface area contributed by atoms with Crippen molar-refractivity contribution in [2.75, 3.05) is 25.5 Å². The molecule has 0 radical (unpaired) electrons. The number of sulfonamides is 1. The Morgan fingerprint density at radius 3 is 2.57 bits per heavy atom. The highest BCUT2D eigenvalue weighted by Crippen LogP contribution is 2.30. The fourth-order valence-corrected chi connectivity index (χ4v) is 6.03. The number of halogens is 1. The minimum atomic E-state index is -3.59. The summed E-state index contributed by atoms with van der Waals surface area (Å²) in [5.41, 5.74) is 0.778. The first-order chi connectivity index (χ1) is 14.4. The second-order valence-electron chi connectivity index (χ2n) is 6.97. The van der Waals surface area contributed by atoms with Gasteiger partial charge in [0.05, 0.1) is 22.2 Å². The molecule has 7 nitrogen and oxygen atoms in total.